The van der Waals surface area contributed by atoms with Crippen molar-refractivity contribution in [3.8, 4) is 0 Å². The molecule has 0 aliphatic heterocycles. The van der Waals surface area contributed by atoms with E-state index in [1.165, 1.54) is 19.3 Å². The summed E-state index contributed by atoms with van der Waals surface area (Å²) >= 11 is 0. The van der Waals surface area contributed by atoms with Crippen LogP contribution in [0.4, 0.5) is 0 Å². The molecule has 0 nitrogen and oxygen atoms in total. The Labute approximate surface area is 83.7 Å². The quantitative estimate of drug-likeness (QED) is 0.547. The number of hydrogen-bond acceptors (Lipinski definition) is 0. The van der Waals surface area contributed by atoms with E-state index in [9.17, 15) is 0 Å². The molecule has 0 radical (unpaired) electrons. The van der Waals surface area contributed by atoms with Crippen LogP contribution in [0.25, 0.3) is 0 Å². The Morgan fingerprint density at radius 2 is 2.00 bits per heavy atom. The van der Waals surface area contributed by atoms with Crippen molar-refractivity contribution in [1.82, 2.24) is 0 Å². The molecule has 1 aliphatic rings. The molecule has 0 aromatic carbocycles. The second-order valence-corrected chi connectivity index (χ2v) is 3.32. The average Bonchev–Trinajstić information content (AvgIpc) is 2.51. The highest BCUT2D eigenvalue weighted by Gasteiger charge is 2.19. The molecule has 0 saturated heterocycles. The first kappa shape index (κ1) is 12.5. The van der Waals surface area contributed by atoms with E-state index in [2.05, 4.69) is 32.9 Å². The standard InChI is InChI=1S/C11H18.C2H6/c1-4-6-10-8-7-9(3)11(10)5-2;1-2/h5-6,9H,4,7-8H2,1-3H3;1-2H3/b10-6-,11-5-;. The molecule has 0 amide bonds. The summed E-state index contributed by atoms with van der Waals surface area (Å²) in [6.45, 7) is 10.7. The molecule has 1 atom stereocenters. The van der Waals surface area contributed by atoms with Gasteiger partial charge in [0.25, 0.3) is 0 Å². The monoisotopic (exact) mass is 180 g/mol. The summed E-state index contributed by atoms with van der Waals surface area (Å²) < 4.78 is 0. The molecule has 1 saturated carbocycles. The minimum atomic E-state index is 0.804. The maximum Gasteiger partial charge on any atom is -0.0188 e. The third-order valence-electron chi connectivity index (χ3n) is 2.51. The lowest BCUT2D eigenvalue weighted by molar-refractivity contribution is 0.696. The SMILES string of the molecule is C/C=C1\C(=C/CC)CCC1C.CC. The molecule has 0 aromatic rings. The van der Waals surface area contributed by atoms with Gasteiger partial charge in [-0.25, -0.2) is 0 Å². The molecule has 1 unspecified atom stereocenters. The zero-order valence-electron chi connectivity index (χ0n) is 9.85. The van der Waals surface area contributed by atoms with Crippen molar-refractivity contribution in [3.05, 3.63) is 23.3 Å². The van der Waals surface area contributed by atoms with Crippen LogP contribution in [0.1, 0.15) is 53.9 Å². The van der Waals surface area contributed by atoms with Gasteiger partial charge in [0.05, 0.1) is 0 Å². The van der Waals surface area contributed by atoms with E-state index in [4.69, 9.17) is 0 Å². The summed E-state index contributed by atoms with van der Waals surface area (Å²) in [5, 5.41) is 0. The molecular weight excluding hydrogens is 156 g/mol. The second-order valence-electron chi connectivity index (χ2n) is 3.32. The van der Waals surface area contributed by atoms with Crippen molar-refractivity contribution in [2.75, 3.05) is 0 Å². The Morgan fingerprint density at radius 1 is 1.38 bits per heavy atom. The van der Waals surface area contributed by atoms with Gasteiger partial charge >= 0.3 is 0 Å². The van der Waals surface area contributed by atoms with Crippen LogP contribution in [0.2, 0.25) is 0 Å². The zero-order chi connectivity index (χ0) is 10.3. The van der Waals surface area contributed by atoms with Gasteiger partial charge in [0, 0.05) is 0 Å². The van der Waals surface area contributed by atoms with Gasteiger partial charge in [0.15, 0.2) is 0 Å². The van der Waals surface area contributed by atoms with Crippen molar-refractivity contribution in [2.24, 2.45) is 5.92 Å². The van der Waals surface area contributed by atoms with E-state index in [1.807, 2.05) is 13.8 Å². The van der Waals surface area contributed by atoms with Crippen LogP contribution < -0.4 is 0 Å². The summed E-state index contributed by atoms with van der Waals surface area (Å²) in [5.74, 6) is 0.804. The summed E-state index contributed by atoms with van der Waals surface area (Å²) in [6, 6.07) is 0. The van der Waals surface area contributed by atoms with Crippen LogP contribution in [-0.2, 0) is 0 Å². The van der Waals surface area contributed by atoms with Gasteiger partial charge in [0.2, 0.25) is 0 Å². The van der Waals surface area contributed by atoms with E-state index < -0.39 is 0 Å². The van der Waals surface area contributed by atoms with Gasteiger partial charge in [0.1, 0.15) is 0 Å². The molecule has 0 bridgehead atoms. The van der Waals surface area contributed by atoms with Gasteiger partial charge in [-0.3, -0.25) is 0 Å². The summed E-state index contributed by atoms with van der Waals surface area (Å²) in [7, 11) is 0. The van der Waals surface area contributed by atoms with Gasteiger partial charge in [-0.05, 0) is 43.3 Å². The van der Waals surface area contributed by atoms with Crippen LogP contribution in [0, 0.1) is 5.92 Å². The first-order valence-corrected chi connectivity index (χ1v) is 5.65. The van der Waals surface area contributed by atoms with E-state index in [1.54, 1.807) is 11.1 Å². The lowest BCUT2D eigenvalue weighted by atomic mass is 10.0. The van der Waals surface area contributed by atoms with Crippen LogP contribution in [-0.4, -0.2) is 0 Å². The lowest BCUT2D eigenvalue weighted by Crippen LogP contribution is -1.88. The van der Waals surface area contributed by atoms with Crippen LogP contribution in [0.15, 0.2) is 23.3 Å². The number of allylic oxidation sites excluding steroid dienone is 4. The summed E-state index contributed by atoms with van der Waals surface area (Å²) in [5.41, 5.74) is 3.19. The van der Waals surface area contributed by atoms with Crippen molar-refractivity contribution in [2.45, 2.75) is 53.9 Å². The predicted octanol–water partition coefficient (Wildman–Crippen LogP) is 4.73. The predicted molar refractivity (Wildman–Crippen MR) is 61.9 cm³/mol. The van der Waals surface area contributed by atoms with Crippen molar-refractivity contribution >= 4 is 0 Å². The Bertz CT molecular complexity index is 184. The molecule has 1 fully saturated rings. The van der Waals surface area contributed by atoms with Crippen LogP contribution in [0.3, 0.4) is 0 Å². The molecule has 0 N–H and O–H groups in total. The van der Waals surface area contributed by atoms with Gasteiger partial charge in [-0.15, -0.1) is 0 Å². The largest absolute Gasteiger partial charge is 0.0839 e. The third-order valence-corrected chi connectivity index (χ3v) is 2.51. The molecule has 76 valence electrons. The average molecular weight is 180 g/mol. The van der Waals surface area contributed by atoms with E-state index in [0.29, 0.717) is 0 Å². The Morgan fingerprint density at radius 3 is 2.46 bits per heavy atom. The number of hydrogen-bond donors (Lipinski definition) is 0. The normalized spacial score (nSPS) is 27.6. The third kappa shape index (κ3) is 3.38. The first-order chi connectivity index (χ1) is 6.29. The lowest BCUT2D eigenvalue weighted by Gasteiger charge is -2.03. The molecule has 0 heteroatoms. The van der Waals surface area contributed by atoms with Crippen molar-refractivity contribution < 1.29 is 0 Å². The molecule has 0 spiro atoms. The van der Waals surface area contributed by atoms with E-state index in [-0.39, 0.29) is 0 Å². The smallest absolute Gasteiger partial charge is 0.0188 e. The molecule has 0 heterocycles. The van der Waals surface area contributed by atoms with Crippen LogP contribution in [0.5, 0.6) is 0 Å². The summed E-state index contributed by atoms with van der Waals surface area (Å²) in [4.78, 5) is 0. The Kier molecular flexibility index (Phi) is 6.66. The highest BCUT2D eigenvalue weighted by atomic mass is 14.2. The first-order valence-electron chi connectivity index (χ1n) is 5.65. The van der Waals surface area contributed by atoms with E-state index >= 15 is 0 Å². The van der Waals surface area contributed by atoms with Gasteiger partial charge in [-0.1, -0.05) is 39.8 Å². The molecule has 13 heavy (non-hydrogen) atoms. The second kappa shape index (κ2) is 6.94. The fourth-order valence-electron chi connectivity index (χ4n) is 1.92. The fourth-order valence-corrected chi connectivity index (χ4v) is 1.92. The molecule has 1 aliphatic carbocycles. The summed E-state index contributed by atoms with van der Waals surface area (Å²) in [6.07, 6.45) is 8.48. The minimum absolute atomic E-state index is 0.804. The van der Waals surface area contributed by atoms with Gasteiger partial charge in [-0.2, -0.15) is 0 Å². The van der Waals surface area contributed by atoms with Crippen molar-refractivity contribution in [1.29, 1.82) is 0 Å². The minimum Gasteiger partial charge on any atom is -0.0839 e. The highest BCUT2D eigenvalue weighted by Crippen LogP contribution is 2.35. The zero-order valence-corrected chi connectivity index (χ0v) is 9.85. The number of rotatable bonds is 1. The molecular formula is C13H24. The van der Waals surface area contributed by atoms with Crippen molar-refractivity contribution in [3.63, 3.8) is 0 Å². The molecule has 0 aromatic heterocycles. The van der Waals surface area contributed by atoms with Gasteiger partial charge < -0.3 is 0 Å². The maximum absolute atomic E-state index is 2.37. The Balaban J connectivity index is 0.000000671. The highest BCUT2D eigenvalue weighted by molar-refractivity contribution is 5.36. The topological polar surface area (TPSA) is 0 Å². The Hall–Kier alpha value is -0.520. The maximum atomic E-state index is 2.37. The van der Waals surface area contributed by atoms with E-state index in [0.717, 1.165) is 5.92 Å². The fraction of sp³-hybridized carbons (Fsp3) is 0.692. The van der Waals surface area contributed by atoms with Crippen LogP contribution >= 0.6 is 0 Å². The molecule has 1 rings (SSSR count).